The third-order valence-electron chi connectivity index (χ3n) is 7.72. The van der Waals surface area contributed by atoms with Gasteiger partial charge in [0, 0.05) is 43.4 Å². The number of aldehydes is 1. The molecule has 5 aromatic rings. The van der Waals surface area contributed by atoms with Gasteiger partial charge in [0.2, 0.25) is 0 Å². The van der Waals surface area contributed by atoms with Crippen LogP contribution in [-0.4, -0.2) is 59.1 Å². The minimum absolute atomic E-state index is 0.0401. The normalized spacial score (nSPS) is 13.5. The van der Waals surface area contributed by atoms with Crippen LogP contribution in [0.5, 0.6) is 0 Å². The molecule has 44 heavy (non-hydrogen) atoms. The van der Waals surface area contributed by atoms with Gasteiger partial charge in [-0.05, 0) is 50.7 Å². The minimum Gasteiger partial charge on any atom is -0.334 e. The highest BCUT2D eigenvalue weighted by atomic mass is 19.1. The zero-order valence-corrected chi connectivity index (χ0v) is 24.4. The van der Waals surface area contributed by atoms with Gasteiger partial charge in [-0.25, -0.2) is 14.1 Å². The van der Waals surface area contributed by atoms with Gasteiger partial charge >= 0.3 is 0 Å². The van der Waals surface area contributed by atoms with Gasteiger partial charge in [0.25, 0.3) is 11.1 Å². The van der Waals surface area contributed by atoms with Crippen LogP contribution in [0.25, 0.3) is 27.8 Å². The summed E-state index contributed by atoms with van der Waals surface area (Å²) in [5.74, 6) is -0.471. The summed E-state index contributed by atoms with van der Waals surface area (Å²) in [6, 6.07) is 9.71. The highest BCUT2D eigenvalue weighted by molar-refractivity contribution is 5.91. The van der Waals surface area contributed by atoms with Crippen LogP contribution in [-0.2, 0) is 25.6 Å². The summed E-state index contributed by atoms with van der Waals surface area (Å²) in [6.07, 6.45) is 3.16. The number of carbonyl (C=O) groups is 1. The van der Waals surface area contributed by atoms with Crippen molar-refractivity contribution in [3.63, 3.8) is 0 Å². The number of aryl methyl sites for hydroxylation is 1. The molecule has 0 atom stereocenters. The summed E-state index contributed by atoms with van der Waals surface area (Å²) in [5.41, 5.74) is -0.191. The number of halogens is 1. The summed E-state index contributed by atoms with van der Waals surface area (Å²) in [6.45, 7) is 5.59. The van der Waals surface area contributed by atoms with Gasteiger partial charge in [-0.2, -0.15) is 25.2 Å². The number of nitrogens with one attached hydrogen (secondary N) is 1. The summed E-state index contributed by atoms with van der Waals surface area (Å²) >= 11 is 0. The van der Waals surface area contributed by atoms with Crippen LogP contribution in [0.4, 0.5) is 15.9 Å². The van der Waals surface area contributed by atoms with E-state index in [0.29, 0.717) is 17.7 Å². The number of nitrogens with zero attached hydrogens (tertiary/aromatic N) is 9. The van der Waals surface area contributed by atoms with E-state index >= 15 is 4.39 Å². The number of hydrogen-bond donors (Lipinski definition) is 1. The number of anilines is 2. The molecule has 0 amide bonds. The zero-order chi connectivity index (χ0) is 31.3. The second kappa shape index (κ2) is 10.6. The molecule has 1 aliphatic heterocycles. The molecule has 0 unspecified atom stereocenters. The summed E-state index contributed by atoms with van der Waals surface area (Å²) in [4.78, 5) is 45.4. The van der Waals surface area contributed by atoms with Crippen LogP contribution >= 0.6 is 0 Å². The van der Waals surface area contributed by atoms with Crippen molar-refractivity contribution in [1.82, 2.24) is 39.2 Å². The largest absolute Gasteiger partial charge is 0.334 e. The SMILES string of the molecule is CN1CCn2nc(Nc3cc(-c4ccnc(-n5ncc6cc(C(C)(C)C#N)cc(F)c6c5=O)c4C=O)nn(C)c3=O)cc2C1. The van der Waals surface area contributed by atoms with Crippen molar-refractivity contribution >= 4 is 28.6 Å². The molecule has 5 heterocycles. The first-order valence-corrected chi connectivity index (χ1v) is 13.7. The fraction of sp³-hybridized carbons (Fsp3) is 0.267. The molecule has 222 valence electrons. The van der Waals surface area contributed by atoms with Gasteiger partial charge in [-0.15, -0.1) is 0 Å². The molecule has 0 fully saturated rings. The molecule has 4 aromatic heterocycles. The molecule has 1 N–H and O–H groups in total. The lowest BCUT2D eigenvalue weighted by Crippen LogP contribution is -2.30. The number of pyridine rings is 1. The van der Waals surface area contributed by atoms with Crippen molar-refractivity contribution in [2.24, 2.45) is 7.05 Å². The molecule has 6 rings (SSSR count). The van der Waals surface area contributed by atoms with Crippen molar-refractivity contribution in [3.8, 4) is 23.1 Å². The fourth-order valence-electron chi connectivity index (χ4n) is 5.21. The average molecular weight is 595 g/mol. The number of rotatable bonds is 6. The van der Waals surface area contributed by atoms with Crippen molar-refractivity contribution in [3.05, 3.63) is 86.1 Å². The first-order valence-electron chi connectivity index (χ1n) is 13.7. The third-order valence-corrected chi connectivity index (χ3v) is 7.72. The van der Waals surface area contributed by atoms with Gasteiger partial charge < -0.3 is 5.32 Å². The van der Waals surface area contributed by atoms with Crippen LogP contribution < -0.4 is 16.4 Å². The maximum atomic E-state index is 15.3. The Morgan fingerprint density at radius 3 is 2.64 bits per heavy atom. The first kappa shape index (κ1) is 28.6. The van der Waals surface area contributed by atoms with E-state index in [0.717, 1.165) is 40.8 Å². The van der Waals surface area contributed by atoms with Crippen molar-refractivity contribution in [2.75, 3.05) is 18.9 Å². The number of carbonyl (C=O) groups excluding carboxylic acids is 1. The van der Waals surface area contributed by atoms with Gasteiger partial charge in [-0.1, -0.05) is 0 Å². The lowest BCUT2D eigenvalue weighted by Gasteiger charge is -2.22. The summed E-state index contributed by atoms with van der Waals surface area (Å²) in [7, 11) is 3.50. The van der Waals surface area contributed by atoms with Crippen LogP contribution in [0.2, 0.25) is 0 Å². The monoisotopic (exact) mass is 594 g/mol. The maximum absolute atomic E-state index is 15.3. The molecule has 13 nitrogen and oxygen atoms in total. The smallest absolute Gasteiger partial charge is 0.290 e. The van der Waals surface area contributed by atoms with E-state index in [1.165, 1.54) is 31.6 Å². The second-order valence-electron chi connectivity index (χ2n) is 11.2. The van der Waals surface area contributed by atoms with E-state index in [4.69, 9.17) is 0 Å². The van der Waals surface area contributed by atoms with Gasteiger partial charge in [0.05, 0.1) is 46.6 Å². The standard InChI is InChI=1S/C30H27FN10O3/c1-30(2,16-32)18-9-17-13-34-41(29(44)26(17)22(31)10-18)27-21(15-42)20(5-6-33-27)23-12-24(28(43)39(4)36-23)35-25-11-19-14-38(3)7-8-40(19)37-25/h5-6,9-13,15H,7-8,14H2,1-4H3,(H,35,37). The van der Waals surface area contributed by atoms with Crippen LogP contribution in [0.3, 0.4) is 0 Å². The topological polar surface area (TPSA) is 157 Å². The Bertz CT molecular complexity index is 2140. The molecule has 0 radical (unpaired) electrons. The Hall–Kier alpha value is -5.55. The van der Waals surface area contributed by atoms with E-state index in [1.807, 2.05) is 17.8 Å². The summed E-state index contributed by atoms with van der Waals surface area (Å²) < 4.78 is 19.2. The zero-order valence-electron chi connectivity index (χ0n) is 24.4. The maximum Gasteiger partial charge on any atom is 0.290 e. The third kappa shape index (κ3) is 4.82. The van der Waals surface area contributed by atoms with Crippen molar-refractivity contribution in [2.45, 2.75) is 32.4 Å². The quantitative estimate of drug-likeness (QED) is 0.290. The number of likely N-dealkylation sites (N-methyl/N-ethyl adjacent to an activating group) is 1. The lowest BCUT2D eigenvalue weighted by atomic mass is 9.85. The Morgan fingerprint density at radius 1 is 1.09 bits per heavy atom. The number of fused-ring (bicyclic) bond motifs is 2. The van der Waals surface area contributed by atoms with Crippen molar-refractivity contribution in [1.29, 1.82) is 5.26 Å². The number of aromatic nitrogens is 7. The Morgan fingerprint density at radius 2 is 1.89 bits per heavy atom. The fourth-order valence-corrected chi connectivity index (χ4v) is 5.21. The Labute approximate surface area is 249 Å². The molecule has 0 aliphatic carbocycles. The molecular formula is C30H27FN10O3. The van der Waals surface area contributed by atoms with Gasteiger partial charge in [-0.3, -0.25) is 24.0 Å². The highest BCUT2D eigenvalue weighted by Gasteiger charge is 2.24. The predicted molar refractivity (Wildman–Crippen MR) is 159 cm³/mol. The predicted octanol–water partition coefficient (Wildman–Crippen LogP) is 2.68. The Balaban J connectivity index is 1.44. The molecule has 1 aromatic carbocycles. The van der Waals surface area contributed by atoms with E-state index in [2.05, 4.69) is 36.6 Å². The van der Waals surface area contributed by atoms with Gasteiger partial charge in [0.1, 0.15) is 11.5 Å². The molecule has 0 bridgehead atoms. The van der Waals surface area contributed by atoms with Crippen LogP contribution in [0.1, 0.15) is 35.5 Å². The highest BCUT2D eigenvalue weighted by Crippen LogP contribution is 2.29. The number of hydrogen-bond acceptors (Lipinski definition) is 10. The molecule has 0 spiro atoms. The molecule has 14 heteroatoms. The van der Waals surface area contributed by atoms with Crippen LogP contribution in [0.15, 0.2) is 52.3 Å². The Kier molecular flexibility index (Phi) is 6.89. The van der Waals surface area contributed by atoms with Gasteiger partial charge in [0.15, 0.2) is 17.9 Å². The average Bonchev–Trinajstić information content (AvgIpc) is 3.40. The molecular weight excluding hydrogens is 567 g/mol. The van der Waals surface area contributed by atoms with E-state index in [9.17, 15) is 19.6 Å². The van der Waals surface area contributed by atoms with Crippen LogP contribution in [0, 0.1) is 17.1 Å². The second-order valence-corrected chi connectivity index (χ2v) is 11.2. The van der Waals surface area contributed by atoms with E-state index in [-0.39, 0.29) is 39.1 Å². The molecule has 0 saturated heterocycles. The number of nitriles is 1. The molecule has 1 aliphatic rings. The van der Waals surface area contributed by atoms with Crippen molar-refractivity contribution < 1.29 is 9.18 Å². The lowest BCUT2D eigenvalue weighted by molar-refractivity contribution is 0.112. The van der Waals surface area contributed by atoms with E-state index < -0.39 is 22.4 Å². The summed E-state index contributed by atoms with van der Waals surface area (Å²) in [5, 5.41) is 25.6. The first-order chi connectivity index (χ1) is 21.0. The number of benzene rings is 1. The molecule has 0 saturated carbocycles. The minimum atomic E-state index is -0.991. The van der Waals surface area contributed by atoms with E-state index in [1.54, 1.807) is 19.9 Å².